The molecule has 0 aliphatic heterocycles. The fourth-order valence-electron chi connectivity index (χ4n) is 4.33. The van der Waals surface area contributed by atoms with Crippen LogP contribution in [0, 0.1) is 17.8 Å². The van der Waals surface area contributed by atoms with E-state index in [1.165, 1.54) is 31.4 Å². The fraction of sp³-hybridized carbons (Fsp3) is 0.625. The third-order valence-corrected chi connectivity index (χ3v) is 5.13. The fourth-order valence-corrected chi connectivity index (χ4v) is 4.33. The molecule has 3 rings (SSSR count). The van der Waals surface area contributed by atoms with Gasteiger partial charge < -0.3 is 5.32 Å². The molecule has 110 valence electrons. The van der Waals surface area contributed by atoms with Crippen molar-refractivity contribution in [3.8, 4) is 0 Å². The standard InChI is InChI=1S/C16H20F3N/c1-20-15(13-9-10-6-7-11(13)8-10)12-4-2-3-5-14(12)16(17,18)19/h2-5,10-11,13,15,20H,6-9H2,1H3. The smallest absolute Gasteiger partial charge is 0.313 e. The molecule has 2 aliphatic rings. The van der Waals surface area contributed by atoms with Crippen LogP contribution in [0.25, 0.3) is 0 Å². The maximum atomic E-state index is 13.2. The van der Waals surface area contributed by atoms with Gasteiger partial charge in [-0.05, 0) is 55.7 Å². The first-order chi connectivity index (χ1) is 9.50. The number of alkyl halides is 3. The Morgan fingerprint density at radius 2 is 1.90 bits per heavy atom. The van der Waals surface area contributed by atoms with E-state index in [0.29, 0.717) is 17.4 Å². The average molecular weight is 283 g/mol. The van der Waals surface area contributed by atoms with Crippen LogP contribution in [0.5, 0.6) is 0 Å². The predicted octanol–water partition coefficient (Wildman–Crippen LogP) is 4.40. The van der Waals surface area contributed by atoms with E-state index in [4.69, 9.17) is 0 Å². The Labute approximate surface area is 117 Å². The molecule has 4 unspecified atom stereocenters. The van der Waals surface area contributed by atoms with Crippen molar-refractivity contribution in [1.82, 2.24) is 5.32 Å². The van der Waals surface area contributed by atoms with E-state index in [0.717, 1.165) is 12.3 Å². The summed E-state index contributed by atoms with van der Waals surface area (Å²) in [6.45, 7) is 0. The van der Waals surface area contributed by atoms with E-state index in [9.17, 15) is 13.2 Å². The van der Waals surface area contributed by atoms with Crippen LogP contribution in [0.4, 0.5) is 13.2 Å². The first-order valence-corrected chi connectivity index (χ1v) is 7.34. The number of benzene rings is 1. The SMILES string of the molecule is CNC(c1ccccc1C(F)(F)F)C1CC2CCC1C2. The molecule has 4 atom stereocenters. The minimum atomic E-state index is -4.27. The number of rotatable bonds is 3. The minimum Gasteiger partial charge on any atom is -0.313 e. The normalized spacial score (nSPS) is 30.7. The molecule has 0 aromatic heterocycles. The Kier molecular flexibility index (Phi) is 3.53. The number of fused-ring (bicyclic) bond motifs is 2. The topological polar surface area (TPSA) is 12.0 Å². The van der Waals surface area contributed by atoms with Crippen molar-refractivity contribution in [3.05, 3.63) is 35.4 Å². The highest BCUT2D eigenvalue weighted by molar-refractivity contribution is 5.33. The van der Waals surface area contributed by atoms with E-state index >= 15 is 0 Å². The van der Waals surface area contributed by atoms with Gasteiger partial charge in [-0.1, -0.05) is 24.6 Å². The zero-order chi connectivity index (χ0) is 14.3. The summed E-state index contributed by atoms with van der Waals surface area (Å²) >= 11 is 0. The van der Waals surface area contributed by atoms with E-state index in [1.807, 2.05) is 0 Å². The molecule has 2 fully saturated rings. The number of hydrogen-bond donors (Lipinski definition) is 1. The highest BCUT2D eigenvalue weighted by atomic mass is 19.4. The maximum Gasteiger partial charge on any atom is 0.416 e. The summed E-state index contributed by atoms with van der Waals surface area (Å²) < 4.78 is 39.6. The van der Waals surface area contributed by atoms with Gasteiger partial charge in [0, 0.05) is 6.04 Å². The van der Waals surface area contributed by atoms with Crippen LogP contribution < -0.4 is 5.32 Å². The van der Waals surface area contributed by atoms with Crippen LogP contribution in [0.15, 0.2) is 24.3 Å². The summed E-state index contributed by atoms with van der Waals surface area (Å²) in [5, 5.41) is 3.16. The number of hydrogen-bond acceptors (Lipinski definition) is 1. The second kappa shape index (κ2) is 5.06. The molecule has 2 aliphatic carbocycles. The van der Waals surface area contributed by atoms with Crippen molar-refractivity contribution < 1.29 is 13.2 Å². The Morgan fingerprint density at radius 3 is 2.45 bits per heavy atom. The van der Waals surface area contributed by atoms with Crippen LogP contribution in [0.2, 0.25) is 0 Å². The molecule has 20 heavy (non-hydrogen) atoms. The van der Waals surface area contributed by atoms with Gasteiger partial charge in [-0.3, -0.25) is 0 Å². The van der Waals surface area contributed by atoms with Gasteiger partial charge in [0.05, 0.1) is 5.56 Å². The summed E-state index contributed by atoms with van der Waals surface area (Å²) in [4.78, 5) is 0. The molecule has 4 heteroatoms. The Balaban J connectivity index is 1.94. The second-order valence-corrected chi connectivity index (χ2v) is 6.19. The van der Waals surface area contributed by atoms with Gasteiger partial charge in [0.25, 0.3) is 0 Å². The quantitative estimate of drug-likeness (QED) is 0.867. The third-order valence-electron chi connectivity index (χ3n) is 5.13. The lowest BCUT2D eigenvalue weighted by Gasteiger charge is -2.32. The lowest BCUT2D eigenvalue weighted by molar-refractivity contribution is -0.138. The average Bonchev–Trinajstić information content (AvgIpc) is 3.02. The second-order valence-electron chi connectivity index (χ2n) is 6.19. The van der Waals surface area contributed by atoms with Gasteiger partial charge >= 0.3 is 6.18 Å². The van der Waals surface area contributed by atoms with Gasteiger partial charge in [-0.25, -0.2) is 0 Å². The Hall–Kier alpha value is -1.03. The lowest BCUT2D eigenvalue weighted by Crippen LogP contribution is -2.30. The monoisotopic (exact) mass is 283 g/mol. The van der Waals surface area contributed by atoms with E-state index in [1.54, 1.807) is 19.2 Å². The number of nitrogens with one attached hydrogen (secondary N) is 1. The van der Waals surface area contributed by atoms with Crippen LogP contribution >= 0.6 is 0 Å². The largest absolute Gasteiger partial charge is 0.416 e. The zero-order valence-corrected chi connectivity index (χ0v) is 11.6. The summed E-state index contributed by atoms with van der Waals surface area (Å²) in [6, 6.07) is 5.84. The van der Waals surface area contributed by atoms with Gasteiger partial charge in [0.2, 0.25) is 0 Å². The summed E-state index contributed by atoms with van der Waals surface area (Å²) in [5.74, 6) is 1.68. The molecule has 0 amide bonds. The van der Waals surface area contributed by atoms with Crippen molar-refractivity contribution in [2.75, 3.05) is 7.05 Å². The Morgan fingerprint density at radius 1 is 1.15 bits per heavy atom. The van der Waals surface area contributed by atoms with E-state index in [2.05, 4.69) is 5.32 Å². The molecular weight excluding hydrogens is 263 g/mol. The zero-order valence-electron chi connectivity index (χ0n) is 11.6. The van der Waals surface area contributed by atoms with Crippen molar-refractivity contribution in [2.45, 2.75) is 37.9 Å². The van der Waals surface area contributed by atoms with Gasteiger partial charge in [-0.15, -0.1) is 0 Å². The summed E-state index contributed by atoms with van der Waals surface area (Å²) in [5.41, 5.74) is -0.0674. The predicted molar refractivity (Wildman–Crippen MR) is 72.2 cm³/mol. The summed E-state index contributed by atoms with van der Waals surface area (Å²) in [6.07, 6.45) is 0.447. The molecule has 0 saturated heterocycles. The molecule has 0 spiro atoms. The molecular formula is C16H20F3N. The molecule has 2 bridgehead atoms. The lowest BCUT2D eigenvalue weighted by atomic mass is 9.79. The molecule has 1 aromatic carbocycles. The van der Waals surface area contributed by atoms with Crippen molar-refractivity contribution in [1.29, 1.82) is 0 Å². The Bertz CT molecular complexity index is 483. The maximum absolute atomic E-state index is 13.2. The first kappa shape index (κ1) is 13.9. The van der Waals surface area contributed by atoms with Gasteiger partial charge in [0.1, 0.15) is 0 Å². The highest BCUT2D eigenvalue weighted by Crippen LogP contribution is 2.53. The molecule has 2 saturated carbocycles. The van der Waals surface area contributed by atoms with Crippen LogP contribution in [-0.4, -0.2) is 7.05 Å². The molecule has 1 aromatic rings. The highest BCUT2D eigenvalue weighted by Gasteiger charge is 2.45. The van der Waals surface area contributed by atoms with Crippen molar-refractivity contribution >= 4 is 0 Å². The van der Waals surface area contributed by atoms with Crippen LogP contribution in [0.3, 0.4) is 0 Å². The molecule has 1 nitrogen and oxygen atoms in total. The van der Waals surface area contributed by atoms with E-state index < -0.39 is 11.7 Å². The first-order valence-electron chi connectivity index (χ1n) is 7.34. The third kappa shape index (κ3) is 2.34. The molecule has 0 radical (unpaired) electrons. The van der Waals surface area contributed by atoms with E-state index in [-0.39, 0.29) is 6.04 Å². The van der Waals surface area contributed by atoms with Gasteiger partial charge in [0.15, 0.2) is 0 Å². The van der Waals surface area contributed by atoms with Crippen LogP contribution in [0.1, 0.15) is 42.9 Å². The molecule has 1 N–H and O–H groups in total. The van der Waals surface area contributed by atoms with Gasteiger partial charge in [-0.2, -0.15) is 13.2 Å². The summed E-state index contributed by atoms with van der Waals surface area (Å²) in [7, 11) is 1.78. The number of halogens is 3. The molecule has 0 heterocycles. The van der Waals surface area contributed by atoms with Crippen molar-refractivity contribution in [3.63, 3.8) is 0 Å². The van der Waals surface area contributed by atoms with Crippen molar-refractivity contribution in [2.24, 2.45) is 17.8 Å². The van der Waals surface area contributed by atoms with Crippen LogP contribution in [-0.2, 0) is 6.18 Å². The minimum absolute atomic E-state index is 0.178.